The standard InChI is InChI=1S/2C30H64P.C8H6O7S/c2*1-5-9-13-14-15-16-17-18-19-20-21-22-23-24-25-26-30-31(27-10-6-2,28-11-7-3)29-12-8-4;9-7(10)4-1-2-5(8(11)12)6(3-4)16(13,14)15/h2*5-30H2,1-4H3;1-3H,(H,9,10)(H,11,12)(H,13,14,15)/q2*+1;/p-2. The molecule has 462 valence electrons. The second-order valence-electron chi connectivity index (χ2n) is 24.0. The van der Waals surface area contributed by atoms with Gasteiger partial charge in [-0.15, -0.1) is 0 Å². The zero-order valence-electron chi connectivity index (χ0n) is 53.2. The number of carboxylic acids is 2. The number of unbranched alkanes of at least 4 members (excludes halogenated alkanes) is 36. The van der Waals surface area contributed by atoms with E-state index in [-0.39, 0.29) is 0 Å². The average molecular weight is 1160 g/mol. The topological polar surface area (TPSA) is 135 Å². The summed E-state index contributed by atoms with van der Waals surface area (Å²) in [5.74, 6) is -3.55. The summed E-state index contributed by atoms with van der Waals surface area (Å²) in [6, 6.07) is 2.01. The molecule has 7 nitrogen and oxygen atoms in total. The van der Waals surface area contributed by atoms with Gasteiger partial charge in [0, 0.05) is 20.1 Å². The van der Waals surface area contributed by atoms with Gasteiger partial charge in [0.2, 0.25) is 0 Å². The number of aromatic carboxylic acids is 2. The van der Waals surface area contributed by atoms with E-state index in [0.29, 0.717) is 12.1 Å². The molecule has 0 saturated carbocycles. The maximum atomic E-state index is 10.8. The quantitative estimate of drug-likeness (QED) is 0.0390. The van der Waals surface area contributed by atoms with E-state index in [0.717, 1.165) is 6.07 Å². The molecule has 0 spiro atoms. The summed E-state index contributed by atoms with van der Waals surface area (Å²) in [5, 5.41) is 20.9. The summed E-state index contributed by atoms with van der Waals surface area (Å²) in [6.07, 6.45) is 77.9. The Hall–Kier alpha value is -1.07. The van der Waals surface area contributed by atoms with Crippen LogP contribution >= 0.6 is 14.5 Å². The molecule has 1 aromatic rings. The molecular formula is C68H132O7P2S. The summed E-state index contributed by atoms with van der Waals surface area (Å²) in [4.78, 5) is 19.9. The van der Waals surface area contributed by atoms with Gasteiger partial charge in [0.1, 0.15) is 4.90 Å². The van der Waals surface area contributed by atoms with Crippen molar-refractivity contribution in [2.75, 3.05) is 49.3 Å². The third-order valence-corrected chi connectivity index (χ3v) is 27.6. The Morgan fingerprint density at radius 3 is 0.731 bits per heavy atom. The van der Waals surface area contributed by atoms with Crippen LogP contribution in [0.4, 0.5) is 0 Å². The van der Waals surface area contributed by atoms with Crippen molar-refractivity contribution in [1.82, 2.24) is 0 Å². The van der Waals surface area contributed by atoms with Crippen LogP contribution in [0.15, 0.2) is 23.1 Å². The summed E-state index contributed by atoms with van der Waals surface area (Å²) in [7, 11) is -6.11. The van der Waals surface area contributed by atoms with Gasteiger partial charge in [-0.25, -0.2) is 0 Å². The van der Waals surface area contributed by atoms with Crippen molar-refractivity contribution < 1.29 is 32.8 Å². The highest BCUT2D eigenvalue weighted by Crippen LogP contribution is 2.62. The van der Waals surface area contributed by atoms with E-state index in [1.807, 2.05) is 0 Å². The van der Waals surface area contributed by atoms with E-state index < -0.39 is 52.6 Å². The number of carbonyl (C=O) groups is 2. The van der Waals surface area contributed by atoms with Gasteiger partial charge < -0.3 is 19.8 Å². The van der Waals surface area contributed by atoms with Crippen molar-refractivity contribution >= 4 is 36.6 Å². The molecule has 1 N–H and O–H groups in total. The van der Waals surface area contributed by atoms with Crippen molar-refractivity contribution in [3.63, 3.8) is 0 Å². The maximum absolute atomic E-state index is 10.8. The van der Waals surface area contributed by atoms with Crippen molar-refractivity contribution in [3.05, 3.63) is 29.3 Å². The van der Waals surface area contributed by atoms with Gasteiger partial charge in [0.25, 0.3) is 10.1 Å². The van der Waals surface area contributed by atoms with Gasteiger partial charge in [-0.3, -0.25) is 4.55 Å². The lowest BCUT2D eigenvalue weighted by Crippen LogP contribution is -2.26. The fourth-order valence-electron chi connectivity index (χ4n) is 11.3. The second-order valence-corrected chi connectivity index (χ2v) is 34.3. The molecule has 0 aliphatic carbocycles. The van der Waals surface area contributed by atoms with E-state index in [9.17, 15) is 28.2 Å². The molecule has 0 radical (unpaired) electrons. The van der Waals surface area contributed by atoms with E-state index >= 15 is 0 Å². The molecule has 0 saturated heterocycles. The third-order valence-electron chi connectivity index (χ3n) is 16.6. The van der Waals surface area contributed by atoms with Gasteiger partial charge in [0.15, 0.2) is 0 Å². The Balaban J connectivity index is 0. The van der Waals surface area contributed by atoms with Crippen molar-refractivity contribution in [2.45, 2.75) is 343 Å². The van der Waals surface area contributed by atoms with Gasteiger partial charge in [0.05, 0.1) is 61.2 Å². The van der Waals surface area contributed by atoms with Crippen molar-refractivity contribution in [1.29, 1.82) is 0 Å². The first-order chi connectivity index (χ1) is 37.7. The monoisotopic (exact) mass is 1150 g/mol. The minimum absolute atomic E-state index is 0.482. The first-order valence-corrected chi connectivity index (χ1v) is 40.5. The molecule has 1 aromatic carbocycles. The Morgan fingerprint density at radius 1 is 0.333 bits per heavy atom. The number of hydrogen-bond acceptors (Lipinski definition) is 6. The molecule has 78 heavy (non-hydrogen) atoms. The SMILES string of the molecule is CCCCCCCCCCCCCCCCCC[P+](CCCC)(CCCC)CCCC.CCCCCCCCCCCCCCCCCC[P+](CCCC)(CCCC)CCCC.O=C([O-])c1ccc(C(=O)[O-])c(S(=O)(=O)O)c1. The van der Waals surface area contributed by atoms with Crippen LogP contribution in [0.5, 0.6) is 0 Å². The van der Waals surface area contributed by atoms with Crippen molar-refractivity contribution in [3.8, 4) is 0 Å². The predicted molar refractivity (Wildman–Crippen MR) is 346 cm³/mol. The molecule has 0 heterocycles. The van der Waals surface area contributed by atoms with E-state index in [1.54, 1.807) is 62.1 Å². The van der Waals surface area contributed by atoms with Crippen LogP contribution in [0.25, 0.3) is 0 Å². The molecule has 0 fully saturated rings. The molecule has 0 aromatic heterocycles. The largest absolute Gasteiger partial charge is 0.545 e. The van der Waals surface area contributed by atoms with Crippen LogP contribution in [0.1, 0.15) is 359 Å². The Bertz CT molecular complexity index is 1480. The highest BCUT2D eigenvalue weighted by Gasteiger charge is 2.35. The molecule has 1 rings (SSSR count). The normalized spacial score (nSPS) is 11.8. The van der Waals surface area contributed by atoms with Crippen LogP contribution in [0.3, 0.4) is 0 Å². The van der Waals surface area contributed by atoms with Gasteiger partial charge in [-0.2, -0.15) is 8.42 Å². The molecule has 0 bridgehead atoms. The lowest BCUT2D eigenvalue weighted by molar-refractivity contribution is -0.256. The van der Waals surface area contributed by atoms with E-state index in [4.69, 9.17) is 4.55 Å². The number of hydrogen-bond donors (Lipinski definition) is 1. The van der Waals surface area contributed by atoms with Gasteiger partial charge >= 0.3 is 0 Å². The number of carbonyl (C=O) groups excluding carboxylic acids is 2. The summed E-state index contributed by atoms with van der Waals surface area (Å²) < 4.78 is 30.3. The zero-order valence-corrected chi connectivity index (χ0v) is 55.8. The van der Waals surface area contributed by atoms with Gasteiger partial charge in [-0.05, 0) is 75.8 Å². The third kappa shape index (κ3) is 46.4. The minimum atomic E-state index is -4.85. The Labute approximate surface area is 488 Å². The summed E-state index contributed by atoms with van der Waals surface area (Å²) in [6.45, 7) is 19.0. The van der Waals surface area contributed by atoms with Crippen molar-refractivity contribution in [2.24, 2.45) is 0 Å². The summed E-state index contributed by atoms with van der Waals surface area (Å²) >= 11 is 0. The molecule has 0 aliphatic rings. The van der Waals surface area contributed by atoms with E-state index in [2.05, 4.69) is 55.4 Å². The Kier molecular flexibility index (Phi) is 57.1. The van der Waals surface area contributed by atoms with Crippen LogP contribution in [-0.2, 0) is 10.1 Å². The van der Waals surface area contributed by atoms with Gasteiger partial charge in [-0.1, -0.05) is 286 Å². The minimum Gasteiger partial charge on any atom is -0.545 e. The fourth-order valence-corrected chi connectivity index (χ4v) is 22.4. The lowest BCUT2D eigenvalue weighted by Gasteiger charge is -2.28. The smallest absolute Gasteiger partial charge is 0.295 e. The molecule has 0 unspecified atom stereocenters. The number of carboxylic acid groups (broad SMARTS) is 2. The van der Waals surface area contributed by atoms with Crippen LogP contribution in [0, 0.1) is 0 Å². The lowest BCUT2D eigenvalue weighted by atomic mass is 10.0. The first kappa shape index (κ1) is 79.0. The molecule has 10 heteroatoms. The number of rotatable bonds is 55. The van der Waals surface area contributed by atoms with E-state index in [1.165, 1.54) is 270 Å². The molecule has 0 aliphatic heterocycles. The van der Waals surface area contributed by atoms with Crippen LogP contribution in [0.2, 0.25) is 0 Å². The van der Waals surface area contributed by atoms with Crippen LogP contribution in [-0.4, -0.2) is 74.2 Å². The Morgan fingerprint density at radius 2 is 0.538 bits per heavy atom. The molecule has 0 atom stereocenters. The highest BCUT2D eigenvalue weighted by atomic mass is 32.2. The predicted octanol–water partition coefficient (Wildman–Crippen LogP) is 21.0. The number of benzene rings is 1. The second kappa shape index (κ2) is 56.4. The van der Waals surface area contributed by atoms with Crippen LogP contribution < -0.4 is 10.2 Å². The fraction of sp³-hybridized carbons (Fsp3) is 0.882. The summed E-state index contributed by atoms with van der Waals surface area (Å²) in [5.41, 5.74) is -1.40. The maximum Gasteiger partial charge on any atom is 0.295 e. The highest BCUT2D eigenvalue weighted by molar-refractivity contribution is 7.86. The zero-order chi connectivity index (χ0) is 58.3. The molecule has 0 amide bonds. The molecular weight excluding hydrogens is 1020 g/mol. The average Bonchev–Trinajstić information content (AvgIpc) is 3.44. The first-order valence-electron chi connectivity index (χ1n) is 34.0.